The van der Waals surface area contributed by atoms with Crippen LogP contribution < -0.4 is 4.72 Å². The van der Waals surface area contributed by atoms with Gasteiger partial charge in [0.05, 0.1) is 7.11 Å². The maximum Gasteiger partial charge on any atom is 0.421 e. The third-order valence-electron chi connectivity index (χ3n) is 2.47. The molecule has 0 aromatic carbocycles. The van der Waals surface area contributed by atoms with E-state index in [0.29, 0.717) is 32.1 Å². The van der Waals surface area contributed by atoms with Gasteiger partial charge in [-0.25, -0.2) is 9.52 Å². The lowest BCUT2D eigenvalue weighted by Crippen LogP contribution is -2.53. The van der Waals surface area contributed by atoms with E-state index in [1.54, 1.807) is 0 Å². The highest BCUT2D eigenvalue weighted by Gasteiger charge is 2.28. The van der Waals surface area contributed by atoms with Gasteiger partial charge in [-0.05, 0) is 0 Å². The quantitative estimate of drug-likeness (QED) is 0.701. The maximum absolute atomic E-state index is 11.7. The SMILES string of the molecule is COC(=O)NS(=O)(=O)N1CCN(CCCl)CC1. The number of halogens is 1. The highest BCUT2D eigenvalue weighted by atomic mass is 35.5. The summed E-state index contributed by atoms with van der Waals surface area (Å²) in [6.07, 6.45) is -0.979. The number of nitrogens with zero attached hydrogens (tertiary/aromatic N) is 2. The van der Waals surface area contributed by atoms with Crippen LogP contribution in [0.5, 0.6) is 0 Å². The number of methoxy groups -OCH3 is 1. The summed E-state index contributed by atoms with van der Waals surface area (Å²) in [4.78, 5) is 12.9. The van der Waals surface area contributed by atoms with Crippen LogP contribution in [0, 0.1) is 0 Å². The van der Waals surface area contributed by atoms with Crippen molar-refractivity contribution in [3.05, 3.63) is 0 Å². The molecule has 100 valence electrons. The second-order valence-electron chi connectivity index (χ2n) is 3.53. The molecule has 0 spiro atoms. The van der Waals surface area contributed by atoms with Gasteiger partial charge in [0.1, 0.15) is 0 Å². The molecule has 1 fully saturated rings. The molecular weight excluding hydrogens is 270 g/mol. The van der Waals surface area contributed by atoms with Crippen LogP contribution in [0.25, 0.3) is 0 Å². The molecule has 1 amide bonds. The molecule has 17 heavy (non-hydrogen) atoms. The van der Waals surface area contributed by atoms with Gasteiger partial charge in [-0.2, -0.15) is 12.7 Å². The molecule has 1 saturated heterocycles. The van der Waals surface area contributed by atoms with Crippen LogP contribution in [0.1, 0.15) is 0 Å². The first-order valence-electron chi connectivity index (χ1n) is 5.13. The molecule has 1 N–H and O–H groups in total. The fourth-order valence-corrected chi connectivity index (χ4v) is 2.83. The molecule has 7 nitrogen and oxygen atoms in total. The molecule has 0 unspecified atom stereocenters. The Morgan fingerprint density at radius 1 is 1.35 bits per heavy atom. The average Bonchev–Trinajstić information content (AvgIpc) is 2.29. The topological polar surface area (TPSA) is 78.9 Å². The van der Waals surface area contributed by atoms with Crippen LogP contribution in [-0.4, -0.2) is 69.4 Å². The monoisotopic (exact) mass is 285 g/mol. The maximum atomic E-state index is 11.7. The Morgan fingerprint density at radius 3 is 2.41 bits per heavy atom. The molecule has 0 aliphatic carbocycles. The zero-order valence-electron chi connectivity index (χ0n) is 9.56. The largest absolute Gasteiger partial charge is 0.452 e. The minimum absolute atomic E-state index is 0.337. The van der Waals surface area contributed by atoms with E-state index in [1.807, 2.05) is 4.72 Å². The molecule has 1 aliphatic heterocycles. The first-order valence-corrected chi connectivity index (χ1v) is 7.11. The van der Waals surface area contributed by atoms with Gasteiger partial charge in [0.2, 0.25) is 0 Å². The minimum Gasteiger partial charge on any atom is -0.452 e. The number of ether oxygens (including phenoxy) is 1. The van der Waals surface area contributed by atoms with Gasteiger partial charge in [0.25, 0.3) is 0 Å². The van der Waals surface area contributed by atoms with Crippen molar-refractivity contribution in [3.63, 3.8) is 0 Å². The fourth-order valence-electron chi connectivity index (χ4n) is 1.52. The second kappa shape index (κ2) is 6.39. The third-order valence-corrected chi connectivity index (χ3v) is 4.11. The lowest BCUT2D eigenvalue weighted by atomic mass is 10.4. The predicted molar refractivity (Wildman–Crippen MR) is 63.2 cm³/mol. The standard InChI is InChI=1S/C8H16ClN3O4S/c1-16-8(13)10-17(14,15)12-6-4-11(3-2-9)5-7-12/h2-7H2,1H3,(H,10,13). The molecule has 0 atom stereocenters. The molecule has 0 aromatic heterocycles. The van der Waals surface area contributed by atoms with E-state index in [2.05, 4.69) is 9.64 Å². The van der Waals surface area contributed by atoms with Crippen molar-refractivity contribution in [2.24, 2.45) is 0 Å². The van der Waals surface area contributed by atoms with Gasteiger partial charge in [-0.1, -0.05) is 0 Å². The van der Waals surface area contributed by atoms with Crippen LogP contribution in [0.15, 0.2) is 0 Å². The van der Waals surface area contributed by atoms with E-state index in [9.17, 15) is 13.2 Å². The van der Waals surface area contributed by atoms with Crippen molar-refractivity contribution in [1.29, 1.82) is 0 Å². The number of hydrogen-bond donors (Lipinski definition) is 1. The van der Waals surface area contributed by atoms with Crippen LogP contribution >= 0.6 is 11.6 Å². The number of carbonyl (C=O) groups is 1. The third kappa shape index (κ3) is 4.30. The Bertz CT molecular complexity index is 354. The molecule has 0 aromatic rings. The number of carbonyl (C=O) groups excluding carboxylic acids is 1. The van der Waals surface area contributed by atoms with E-state index >= 15 is 0 Å². The van der Waals surface area contributed by atoms with Gasteiger partial charge >= 0.3 is 16.3 Å². The summed E-state index contributed by atoms with van der Waals surface area (Å²) in [6.45, 7) is 2.62. The Balaban J connectivity index is 2.50. The summed E-state index contributed by atoms with van der Waals surface area (Å²) < 4.78 is 30.7. The van der Waals surface area contributed by atoms with Gasteiger partial charge in [0, 0.05) is 38.6 Å². The normalized spacial score (nSPS) is 18.9. The minimum atomic E-state index is -3.78. The summed E-state index contributed by atoms with van der Waals surface area (Å²) in [6, 6.07) is 0. The summed E-state index contributed by atoms with van der Waals surface area (Å²) in [5.74, 6) is 0.521. The molecule has 9 heteroatoms. The van der Waals surface area contributed by atoms with Crippen molar-refractivity contribution in [1.82, 2.24) is 13.9 Å². The molecule has 0 saturated carbocycles. The van der Waals surface area contributed by atoms with Gasteiger partial charge in [0.15, 0.2) is 0 Å². The van der Waals surface area contributed by atoms with Crippen LogP contribution in [0.2, 0.25) is 0 Å². The summed E-state index contributed by atoms with van der Waals surface area (Å²) in [7, 11) is -2.67. The molecular formula is C8H16ClN3O4S. The van der Waals surface area contributed by atoms with E-state index in [0.717, 1.165) is 13.7 Å². The summed E-state index contributed by atoms with van der Waals surface area (Å²) >= 11 is 5.60. The highest BCUT2D eigenvalue weighted by Crippen LogP contribution is 2.06. The Morgan fingerprint density at radius 2 is 1.94 bits per heavy atom. The number of piperazine rings is 1. The fraction of sp³-hybridized carbons (Fsp3) is 0.875. The first kappa shape index (κ1) is 14.5. The van der Waals surface area contributed by atoms with E-state index < -0.39 is 16.3 Å². The Labute approximate surface area is 106 Å². The van der Waals surface area contributed by atoms with Crippen LogP contribution in [0.4, 0.5) is 4.79 Å². The van der Waals surface area contributed by atoms with Crippen molar-refractivity contribution in [2.75, 3.05) is 45.7 Å². The van der Waals surface area contributed by atoms with Gasteiger partial charge in [-0.15, -0.1) is 11.6 Å². The molecule has 1 heterocycles. The molecule has 1 aliphatic rings. The molecule has 0 radical (unpaired) electrons. The van der Waals surface area contributed by atoms with Crippen LogP contribution in [0.3, 0.4) is 0 Å². The zero-order valence-corrected chi connectivity index (χ0v) is 11.1. The van der Waals surface area contributed by atoms with Crippen molar-refractivity contribution >= 4 is 27.9 Å². The molecule has 1 rings (SSSR count). The zero-order chi connectivity index (χ0) is 12.9. The second-order valence-corrected chi connectivity index (χ2v) is 5.58. The Hall–Kier alpha value is -0.570. The number of rotatable bonds is 4. The number of alkyl halides is 1. The number of nitrogens with one attached hydrogen (secondary N) is 1. The lowest BCUT2D eigenvalue weighted by Gasteiger charge is -2.33. The predicted octanol–water partition coefficient (Wildman–Crippen LogP) is -0.556. The Kier molecular flexibility index (Phi) is 5.44. The van der Waals surface area contributed by atoms with Crippen molar-refractivity contribution < 1.29 is 17.9 Å². The molecule has 0 bridgehead atoms. The average molecular weight is 286 g/mol. The van der Waals surface area contributed by atoms with Crippen LogP contribution in [-0.2, 0) is 14.9 Å². The van der Waals surface area contributed by atoms with Gasteiger partial charge < -0.3 is 4.74 Å². The van der Waals surface area contributed by atoms with E-state index in [-0.39, 0.29) is 0 Å². The van der Waals surface area contributed by atoms with Crippen molar-refractivity contribution in [3.8, 4) is 0 Å². The van der Waals surface area contributed by atoms with E-state index in [4.69, 9.17) is 11.6 Å². The van der Waals surface area contributed by atoms with Crippen molar-refractivity contribution in [2.45, 2.75) is 0 Å². The lowest BCUT2D eigenvalue weighted by molar-refractivity contribution is 0.173. The van der Waals surface area contributed by atoms with Gasteiger partial charge in [-0.3, -0.25) is 4.90 Å². The smallest absolute Gasteiger partial charge is 0.421 e. The first-order chi connectivity index (χ1) is 7.99. The summed E-state index contributed by atoms with van der Waals surface area (Å²) in [5.41, 5.74) is 0. The summed E-state index contributed by atoms with van der Waals surface area (Å²) in [5, 5.41) is 0. The van der Waals surface area contributed by atoms with E-state index in [1.165, 1.54) is 4.31 Å². The highest BCUT2D eigenvalue weighted by molar-refractivity contribution is 7.87. The number of hydrogen-bond acceptors (Lipinski definition) is 5. The number of amides is 1.